The number of aromatic hydroxyl groups is 1. The van der Waals surface area contributed by atoms with Gasteiger partial charge in [0.15, 0.2) is 5.78 Å². The number of phenolic OH excluding ortho intramolecular Hbond substituents is 1. The van der Waals surface area contributed by atoms with Crippen molar-refractivity contribution in [3.8, 4) is 5.75 Å². The Labute approximate surface area is 140 Å². The zero-order valence-electron chi connectivity index (χ0n) is 12.0. The summed E-state index contributed by atoms with van der Waals surface area (Å²) in [4.78, 5) is 33.0. The summed E-state index contributed by atoms with van der Waals surface area (Å²) in [7, 11) is 0. The lowest BCUT2D eigenvalue weighted by Crippen LogP contribution is -2.00. The number of nitrogens with zero attached hydrogens (tertiary/aromatic N) is 1. The molecular weight excluding hydrogens is 338 g/mol. The molecule has 2 rings (SSSR count). The molecule has 0 spiro atoms. The number of aromatic carboxylic acids is 1. The molecule has 0 amide bonds. The van der Waals surface area contributed by atoms with Gasteiger partial charge in [0.1, 0.15) is 5.75 Å². The van der Waals surface area contributed by atoms with Crippen molar-refractivity contribution in [2.24, 2.45) is 0 Å². The van der Waals surface area contributed by atoms with Gasteiger partial charge < -0.3 is 10.2 Å². The number of rotatable bonds is 5. The predicted molar refractivity (Wildman–Crippen MR) is 86.5 cm³/mol. The molecule has 122 valence electrons. The lowest BCUT2D eigenvalue weighted by Gasteiger charge is -2.02. The van der Waals surface area contributed by atoms with Crippen LogP contribution in [0.15, 0.2) is 42.5 Å². The van der Waals surface area contributed by atoms with Crippen LogP contribution in [0.25, 0.3) is 6.08 Å². The Morgan fingerprint density at radius 2 is 1.88 bits per heavy atom. The number of benzene rings is 2. The highest BCUT2D eigenvalue weighted by molar-refractivity contribution is 6.32. The van der Waals surface area contributed by atoms with Gasteiger partial charge in [-0.15, -0.1) is 0 Å². The van der Waals surface area contributed by atoms with Crippen molar-refractivity contribution in [3.05, 3.63) is 74.3 Å². The maximum atomic E-state index is 12.1. The smallest absolute Gasteiger partial charge is 0.335 e. The van der Waals surface area contributed by atoms with E-state index in [0.29, 0.717) is 0 Å². The first-order valence-electron chi connectivity index (χ1n) is 6.52. The Morgan fingerprint density at radius 3 is 2.46 bits per heavy atom. The van der Waals surface area contributed by atoms with Gasteiger partial charge in [-0.1, -0.05) is 11.6 Å². The van der Waals surface area contributed by atoms with E-state index in [-0.39, 0.29) is 27.4 Å². The molecule has 0 fully saturated rings. The van der Waals surface area contributed by atoms with Gasteiger partial charge in [-0.3, -0.25) is 14.9 Å². The van der Waals surface area contributed by atoms with Crippen molar-refractivity contribution in [3.63, 3.8) is 0 Å². The average molecular weight is 348 g/mol. The van der Waals surface area contributed by atoms with Crippen LogP contribution in [-0.4, -0.2) is 26.9 Å². The molecule has 0 aliphatic rings. The summed E-state index contributed by atoms with van der Waals surface area (Å²) in [6, 6.07) is 7.11. The minimum Gasteiger partial charge on any atom is -0.507 e. The quantitative estimate of drug-likeness (QED) is 0.369. The molecule has 0 saturated heterocycles. The van der Waals surface area contributed by atoms with E-state index in [4.69, 9.17) is 16.7 Å². The third-order valence-electron chi connectivity index (χ3n) is 3.11. The first-order chi connectivity index (χ1) is 11.3. The molecule has 8 heteroatoms. The van der Waals surface area contributed by atoms with Crippen molar-refractivity contribution in [1.82, 2.24) is 0 Å². The Hall–Kier alpha value is -3.19. The number of carboxylic acids is 1. The molecule has 2 aromatic rings. The summed E-state index contributed by atoms with van der Waals surface area (Å²) < 4.78 is 0. The van der Waals surface area contributed by atoms with E-state index in [1.807, 2.05) is 0 Å². The number of non-ortho nitro benzene ring substituents is 1. The Kier molecular flexibility index (Phi) is 4.96. The molecule has 24 heavy (non-hydrogen) atoms. The standard InChI is InChI=1S/C16H10ClNO6/c17-13-5-3-11(18(23)24)7-9(13)2-6-14(19)12-4-1-10(16(21)22)8-15(12)20/h1-8,20H,(H,21,22). The third-order valence-corrected chi connectivity index (χ3v) is 3.46. The second-order valence-electron chi connectivity index (χ2n) is 4.70. The number of allylic oxidation sites excluding steroid dienone is 1. The molecule has 0 aromatic heterocycles. The lowest BCUT2D eigenvalue weighted by molar-refractivity contribution is -0.384. The number of nitro benzene ring substituents is 1. The predicted octanol–water partition coefficient (Wildman–Crippen LogP) is 3.55. The van der Waals surface area contributed by atoms with Gasteiger partial charge in [0.2, 0.25) is 0 Å². The number of hydrogen-bond acceptors (Lipinski definition) is 5. The highest BCUT2D eigenvalue weighted by Gasteiger charge is 2.13. The normalized spacial score (nSPS) is 10.7. The van der Waals surface area contributed by atoms with Crippen LogP contribution in [0.5, 0.6) is 5.75 Å². The monoisotopic (exact) mass is 347 g/mol. The van der Waals surface area contributed by atoms with Crippen LogP contribution < -0.4 is 0 Å². The Balaban J connectivity index is 2.30. The zero-order chi connectivity index (χ0) is 17.9. The molecule has 0 bridgehead atoms. The topological polar surface area (TPSA) is 118 Å². The maximum absolute atomic E-state index is 12.1. The van der Waals surface area contributed by atoms with Gasteiger partial charge in [0.25, 0.3) is 5.69 Å². The van der Waals surface area contributed by atoms with Gasteiger partial charge in [-0.2, -0.15) is 0 Å². The highest BCUT2D eigenvalue weighted by atomic mass is 35.5. The van der Waals surface area contributed by atoms with Crippen LogP contribution in [0.2, 0.25) is 5.02 Å². The van der Waals surface area contributed by atoms with E-state index in [1.165, 1.54) is 36.4 Å². The maximum Gasteiger partial charge on any atom is 0.335 e. The van der Waals surface area contributed by atoms with E-state index >= 15 is 0 Å². The van der Waals surface area contributed by atoms with Gasteiger partial charge in [-0.25, -0.2) is 4.79 Å². The fraction of sp³-hybridized carbons (Fsp3) is 0. The molecule has 0 saturated carbocycles. The molecule has 7 nitrogen and oxygen atoms in total. The minimum atomic E-state index is -1.23. The Bertz CT molecular complexity index is 875. The van der Waals surface area contributed by atoms with Crippen molar-refractivity contribution < 1.29 is 24.7 Å². The van der Waals surface area contributed by atoms with E-state index in [2.05, 4.69) is 0 Å². The molecule has 0 aliphatic heterocycles. The van der Waals surface area contributed by atoms with Crippen molar-refractivity contribution in [1.29, 1.82) is 0 Å². The third kappa shape index (κ3) is 3.76. The minimum absolute atomic E-state index is 0.0993. The number of nitro groups is 1. The number of carboxylic acid groups (broad SMARTS) is 1. The van der Waals surface area contributed by atoms with Crippen LogP contribution in [-0.2, 0) is 0 Å². The second kappa shape index (κ2) is 6.93. The summed E-state index contributed by atoms with van der Waals surface area (Å²) >= 11 is 5.92. The van der Waals surface area contributed by atoms with Crippen molar-refractivity contribution in [2.75, 3.05) is 0 Å². The molecular formula is C16H10ClNO6. The number of phenols is 1. The van der Waals surface area contributed by atoms with E-state index in [1.54, 1.807) is 0 Å². The lowest BCUT2D eigenvalue weighted by atomic mass is 10.1. The SMILES string of the molecule is O=C(O)c1ccc(C(=O)C=Cc2cc([N+](=O)[O-])ccc2Cl)c(O)c1. The summed E-state index contributed by atoms with van der Waals surface area (Å²) in [5.74, 6) is -2.31. The van der Waals surface area contributed by atoms with Crippen LogP contribution in [0.3, 0.4) is 0 Å². The largest absolute Gasteiger partial charge is 0.507 e. The molecule has 0 radical (unpaired) electrons. The number of hydrogen-bond donors (Lipinski definition) is 2. The molecule has 0 heterocycles. The van der Waals surface area contributed by atoms with E-state index < -0.39 is 22.4 Å². The number of carbonyl (C=O) groups excluding carboxylic acids is 1. The van der Waals surface area contributed by atoms with Crippen molar-refractivity contribution >= 4 is 35.1 Å². The van der Waals surface area contributed by atoms with Gasteiger partial charge in [0.05, 0.1) is 16.1 Å². The van der Waals surface area contributed by atoms with Gasteiger partial charge in [-0.05, 0) is 42.0 Å². The number of halogens is 1. The Morgan fingerprint density at radius 1 is 1.17 bits per heavy atom. The molecule has 0 unspecified atom stereocenters. The first kappa shape index (κ1) is 17.2. The fourth-order valence-corrected chi connectivity index (χ4v) is 2.08. The van der Waals surface area contributed by atoms with Gasteiger partial charge in [0, 0.05) is 17.2 Å². The fourth-order valence-electron chi connectivity index (χ4n) is 1.90. The van der Waals surface area contributed by atoms with Gasteiger partial charge >= 0.3 is 5.97 Å². The average Bonchev–Trinajstić information content (AvgIpc) is 2.53. The summed E-state index contributed by atoms with van der Waals surface area (Å²) in [5.41, 5.74) is -0.173. The molecule has 0 aliphatic carbocycles. The summed E-state index contributed by atoms with van der Waals surface area (Å²) in [6.45, 7) is 0. The molecule has 2 N–H and O–H groups in total. The van der Waals surface area contributed by atoms with Crippen LogP contribution in [0.4, 0.5) is 5.69 Å². The first-order valence-corrected chi connectivity index (χ1v) is 6.90. The van der Waals surface area contributed by atoms with E-state index in [0.717, 1.165) is 12.1 Å². The molecule has 0 atom stereocenters. The summed E-state index contributed by atoms with van der Waals surface area (Å²) in [6.07, 6.45) is 2.36. The van der Waals surface area contributed by atoms with Crippen LogP contribution >= 0.6 is 11.6 Å². The number of carbonyl (C=O) groups is 2. The van der Waals surface area contributed by atoms with E-state index in [9.17, 15) is 24.8 Å². The zero-order valence-corrected chi connectivity index (χ0v) is 12.7. The van der Waals surface area contributed by atoms with Crippen LogP contribution in [0, 0.1) is 10.1 Å². The van der Waals surface area contributed by atoms with Crippen LogP contribution in [0.1, 0.15) is 26.3 Å². The number of ketones is 1. The second-order valence-corrected chi connectivity index (χ2v) is 5.10. The highest BCUT2D eigenvalue weighted by Crippen LogP contribution is 2.24. The molecule has 2 aromatic carbocycles. The van der Waals surface area contributed by atoms with Crippen molar-refractivity contribution in [2.45, 2.75) is 0 Å². The summed E-state index contributed by atoms with van der Waals surface area (Å²) in [5, 5.41) is 29.5.